The predicted molar refractivity (Wildman–Crippen MR) is 182 cm³/mol. The van der Waals surface area contributed by atoms with Crippen molar-refractivity contribution < 1.29 is 25.9 Å². The second kappa shape index (κ2) is 20.2. The Balaban J connectivity index is 0.000000307. The molecular formula is C32H50CaN4O6S2. The maximum atomic E-state index is 11.3. The van der Waals surface area contributed by atoms with E-state index in [2.05, 4.69) is 35.1 Å². The minimum absolute atomic E-state index is 0. The summed E-state index contributed by atoms with van der Waals surface area (Å²) in [6.07, 6.45) is 19.3. The molecule has 0 amide bonds. The van der Waals surface area contributed by atoms with Crippen LogP contribution in [-0.4, -0.2) is 76.0 Å². The minimum atomic E-state index is -4.44. The Hall–Kier alpha value is -1.28. The minimum Gasteiger partial charge on any atom is -0.744 e. The van der Waals surface area contributed by atoms with Gasteiger partial charge in [-0.05, 0) is 49.9 Å². The zero-order chi connectivity index (χ0) is 32.0. The maximum Gasteiger partial charge on any atom is 2.00 e. The van der Waals surface area contributed by atoms with Crippen LogP contribution >= 0.6 is 0 Å². The third-order valence-corrected chi connectivity index (χ3v) is 9.84. The Morgan fingerprint density at radius 2 is 0.867 bits per heavy atom. The molecule has 13 heteroatoms. The van der Waals surface area contributed by atoms with Gasteiger partial charge in [0.25, 0.3) is 0 Å². The van der Waals surface area contributed by atoms with Crippen LogP contribution in [0, 0.1) is 0 Å². The number of hydrogen-bond donors (Lipinski definition) is 4. The molecule has 0 fully saturated rings. The Labute approximate surface area is 300 Å². The summed E-state index contributed by atoms with van der Waals surface area (Å²) < 4.78 is 67.6. The number of anilines is 4. The zero-order valence-electron chi connectivity index (χ0n) is 26.9. The van der Waals surface area contributed by atoms with E-state index >= 15 is 0 Å². The molecule has 0 bridgehead atoms. The molecule has 0 aliphatic carbocycles. The normalized spacial score (nSPS) is 16.5. The molecule has 0 spiro atoms. The molecule has 45 heavy (non-hydrogen) atoms. The van der Waals surface area contributed by atoms with Crippen LogP contribution in [0.5, 0.6) is 0 Å². The zero-order valence-corrected chi connectivity index (χ0v) is 30.7. The number of rotatable bonds is 18. The summed E-state index contributed by atoms with van der Waals surface area (Å²) >= 11 is 0. The molecule has 248 valence electrons. The summed E-state index contributed by atoms with van der Waals surface area (Å²) in [6.45, 7) is 4.43. The molecule has 2 aromatic carbocycles. The Bertz CT molecular complexity index is 1290. The summed E-state index contributed by atoms with van der Waals surface area (Å²) in [4.78, 5) is -0.334. The number of para-hydroxylation sites is 2. The third-order valence-electron chi connectivity index (χ3n) is 8.08. The molecule has 4 N–H and O–H groups in total. The fourth-order valence-corrected chi connectivity index (χ4v) is 7.04. The molecule has 2 unspecified atom stereocenters. The summed E-state index contributed by atoms with van der Waals surface area (Å²) in [5.41, 5.74) is 2.24. The first-order chi connectivity index (χ1) is 21.0. The van der Waals surface area contributed by atoms with Crippen LogP contribution in [0.3, 0.4) is 0 Å². The van der Waals surface area contributed by atoms with Gasteiger partial charge in [0.1, 0.15) is 20.2 Å². The summed E-state index contributed by atoms with van der Waals surface area (Å²) in [5.74, 6) is 0. The van der Waals surface area contributed by atoms with Crippen LogP contribution in [0.2, 0.25) is 0 Å². The fourth-order valence-electron chi connectivity index (χ4n) is 5.71. The molecule has 0 aromatic heterocycles. The van der Waals surface area contributed by atoms with Crippen LogP contribution in [-0.2, 0) is 20.2 Å². The van der Waals surface area contributed by atoms with E-state index in [-0.39, 0.29) is 59.9 Å². The summed E-state index contributed by atoms with van der Waals surface area (Å²) in [6, 6.07) is 9.48. The SMILES string of the molecule is CCCCCCCCCC1Nc2cccc(S(=O)(=O)[O-])c2N1.CCCCCCCCCC1Nc2cccc(S(=O)(=O)[O-])c2N1.[Ca+2]. The van der Waals surface area contributed by atoms with Gasteiger partial charge in [0.15, 0.2) is 0 Å². The van der Waals surface area contributed by atoms with E-state index in [4.69, 9.17) is 0 Å². The standard InChI is InChI=1S/2C16H26N2O3S.Ca/c2*1-2-3-4-5-6-7-8-12-15-17-13-10-9-11-14(16(13)18-15)22(19,20)21;/h2*9-11,15,17-18H,2-8,12H2,1H3,(H,19,20,21);/q;;+2/p-2. The van der Waals surface area contributed by atoms with Crippen molar-refractivity contribution >= 4 is 80.7 Å². The van der Waals surface area contributed by atoms with Crippen molar-refractivity contribution in [2.75, 3.05) is 21.3 Å². The average Bonchev–Trinajstić information content (AvgIpc) is 3.59. The van der Waals surface area contributed by atoms with Gasteiger partial charge in [-0.3, -0.25) is 0 Å². The van der Waals surface area contributed by atoms with Gasteiger partial charge in [0.05, 0.1) is 44.9 Å². The van der Waals surface area contributed by atoms with Crippen molar-refractivity contribution in [2.24, 2.45) is 0 Å². The number of nitrogens with one attached hydrogen (secondary N) is 4. The Morgan fingerprint density at radius 1 is 0.533 bits per heavy atom. The van der Waals surface area contributed by atoms with Gasteiger partial charge in [-0.2, -0.15) is 0 Å². The molecule has 0 saturated carbocycles. The van der Waals surface area contributed by atoms with E-state index in [0.717, 1.165) is 25.7 Å². The second-order valence-corrected chi connectivity index (χ2v) is 14.5. The van der Waals surface area contributed by atoms with E-state index in [9.17, 15) is 25.9 Å². The van der Waals surface area contributed by atoms with Crippen LogP contribution in [0.15, 0.2) is 46.2 Å². The van der Waals surface area contributed by atoms with Crippen molar-refractivity contribution in [3.8, 4) is 0 Å². The largest absolute Gasteiger partial charge is 2.00 e. The second-order valence-electron chi connectivity index (χ2n) is 11.8. The Morgan fingerprint density at radius 3 is 1.20 bits per heavy atom. The fraction of sp³-hybridized carbons (Fsp3) is 0.625. The Kier molecular flexibility index (Phi) is 17.9. The molecule has 2 heterocycles. The maximum absolute atomic E-state index is 11.3. The average molecular weight is 691 g/mol. The molecule has 10 nitrogen and oxygen atoms in total. The van der Waals surface area contributed by atoms with Gasteiger partial charge in [-0.25, -0.2) is 16.8 Å². The molecule has 0 radical (unpaired) electrons. The molecule has 0 saturated heterocycles. The van der Waals surface area contributed by atoms with Crippen LogP contribution in [0.25, 0.3) is 0 Å². The number of hydrogen-bond acceptors (Lipinski definition) is 10. The van der Waals surface area contributed by atoms with E-state index in [1.165, 1.54) is 89.2 Å². The first-order valence-corrected chi connectivity index (χ1v) is 19.1. The summed E-state index contributed by atoms with van der Waals surface area (Å²) in [5, 5.41) is 12.7. The number of benzene rings is 2. The first-order valence-electron chi connectivity index (χ1n) is 16.3. The molecule has 2 atom stereocenters. The van der Waals surface area contributed by atoms with Gasteiger partial charge in [-0.1, -0.05) is 103 Å². The van der Waals surface area contributed by atoms with E-state index < -0.39 is 20.2 Å². The van der Waals surface area contributed by atoms with Gasteiger partial charge in [0, 0.05) is 0 Å². The quantitative estimate of drug-likeness (QED) is 0.0704. The first kappa shape index (κ1) is 39.9. The number of fused-ring (bicyclic) bond motifs is 2. The molecule has 2 aliphatic rings. The van der Waals surface area contributed by atoms with Crippen LogP contribution in [0.1, 0.15) is 117 Å². The molecule has 4 rings (SSSR count). The third kappa shape index (κ3) is 13.4. The summed E-state index contributed by atoms with van der Waals surface area (Å²) in [7, 11) is -8.88. The van der Waals surface area contributed by atoms with Crippen molar-refractivity contribution in [1.82, 2.24) is 0 Å². The number of unbranched alkanes of at least 4 members (excludes halogenated alkanes) is 12. The van der Waals surface area contributed by atoms with E-state index in [1.807, 2.05) is 0 Å². The van der Waals surface area contributed by atoms with Crippen molar-refractivity contribution in [1.29, 1.82) is 0 Å². The molecule has 2 aromatic rings. The van der Waals surface area contributed by atoms with Gasteiger partial charge in [-0.15, -0.1) is 0 Å². The van der Waals surface area contributed by atoms with Gasteiger partial charge in [0.2, 0.25) is 0 Å². The van der Waals surface area contributed by atoms with E-state index in [1.54, 1.807) is 24.3 Å². The van der Waals surface area contributed by atoms with Gasteiger partial charge >= 0.3 is 37.7 Å². The van der Waals surface area contributed by atoms with E-state index in [0.29, 0.717) is 22.7 Å². The van der Waals surface area contributed by atoms with Crippen molar-refractivity contribution in [3.63, 3.8) is 0 Å². The van der Waals surface area contributed by atoms with Crippen LogP contribution < -0.4 is 21.3 Å². The van der Waals surface area contributed by atoms with Crippen LogP contribution in [0.4, 0.5) is 22.7 Å². The topological polar surface area (TPSA) is 163 Å². The monoisotopic (exact) mass is 690 g/mol. The molecular weight excluding hydrogens is 641 g/mol. The van der Waals surface area contributed by atoms with Crippen molar-refractivity contribution in [3.05, 3.63) is 36.4 Å². The molecule has 2 aliphatic heterocycles. The predicted octanol–water partition coefficient (Wildman–Crippen LogP) is 7.41. The van der Waals surface area contributed by atoms with Crippen molar-refractivity contribution in [2.45, 2.75) is 139 Å². The van der Waals surface area contributed by atoms with Gasteiger partial charge < -0.3 is 30.4 Å². The smallest absolute Gasteiger partial charge is 0.744 e.